The number of aryl methyl sites for hydroxylation is 3. The van der Waals surface area contributed by atoms with Gasteiger partial charge in [0.2, 0.25) is 0 Å². The van der Waals surface area contributed by atoms with E-state index in [-0.39, 0.29) is 0 Å². The molecule has 0 unspecified atom stereocenters. The van der Waals surface area contributed by atoms with Crippen LogP contribution in [0.1, 0.15) is 23.6 Å². The highest BCUT2D eigenvalue weighted by atomic mass is 14.6. The molecule has 17 heavy (non-hydrogen) atoms. The molecule has 0 radical (unpaired) electrons. The zero-order chi connectivity index (χ0) is 12.4. The fraction of sp³-hybridized carbons (Fsp3) is 0.250. The molecule has 0 aliphatic rings. The van der Waals surface area contributed by atoms with Crippen LogP contribution in [0.15, 0.2) is 36.4 Å². The number of anilines is 1. The normalized spacial score (nSPS) is 10.5. The summed E-state index contributed by atoms with van der Waals surface area (Å²) in [5.74, 6) is 0. The molecule has 0 aromatic heterocycles. The minimum Gasteiger partial charge on any atom is -0.399 e. The maximum absolute atomic E-state index is 5.94. The summed E-state index contributed by atoms with van der Waals surface area (Å²) in [5, 5.41) is 0. The summed E-state index contributed by atoms with van der Waals surface area (Å²) in [6.07, 6.45) is 0.977. The summed E-state index contributed by atoms with van der Waals surface area (Å²) < 4.78 is 0. The van der Waals surface area contributed by atoms with Crippen LogP contribution in [0, 0.1) is 13.8 Å². The largest absolute Gasteiger partial charge is 0.399 e. The first-order chi connectivity index (χ1) is 8.10. The van der Waals surface area contributed by atoms with Gasteiger partial charge < -0.3 is 5.73 Å². The van der Waals surface area contributed by atoms with Crippen LogP contribution in [0.5, 0.6) is 0 Å². The summed E-state index contributed by atoms with van der Waals surface area (Å²) in [6, 6.07) is 12.9. The monoisotopic (exact) mass is 225 g/mol. The zero-order valence-electron chi connectivity index (χ0n) is 10.7. The second kappa shape index (κ2) is 4.62. The van der Waals surface area contributed by atoms with Gasteiger partial charge in [0.25, 0.3) is 0 Å². The highest BCUT2D eigenvalue weighted by molar-refractivity contribution is 5.69. The third kappa shape index (κ3) is 2.50. The number of rotatable bonds is 2. The molecule has 0 fully saturated rings. The smallest absolute Gasteiger partial charge is 0.0346 e. The highest BCUT2D eigenvalue weighted by Gasteiger charge is 2.03. The fourth-order valence-electron chi connectivity index (χ4n) is 2.23. The zero-order valence-corrected chi connectivity index (χ0v) is 10.7. The van der Waals surface area contributed by atoms with Crippen molar-refractivity contribution in [3.63, 3.8) is 0 Å². The Hall–Kier alpha value is -1.76. The predicted molar refractivity (Wildman–Crippen MR) is 75.1 cm³/mol. The van der Waals surface area contributed by atoms with E-state index in [1.165, 1.54) is 27.8 Å². The van der Waals surface area contributed by atoms with E-state index in [1.807, 2.05) is 6.07 Å². The van der Waals surface area contributed by atoms with E-state index in [0.717, 1.165) is 12.1 Å². The van der Waals surface area contributed by atoms with Gasteiger partial charge in [0.1, 0.15) is 0 Å². The maximum atomic E-state index is 5.94. The molecule has 0 heterocycles. The molecule has 2 rings (SSSR count). The van der Waals surface area contributed by atoms with Crippen LogP contribution in [0.25, 0.3) is 11.1 Å². The molecule has 0 saturated heterocycles. The third-order valence-corrected chi connectivity index (χ3v) is 3.08. The van der Waals surface area contributed by atoms with Crippen molar-refractivity contribution >= 4 is 5.69 Å². The van der Waals surface area contributed by atoms with Crippen LogP contribution in [0.4, 0.5) is 5.69 Å². The Balaban J connectivity index is 2.52. The van der Waals surface area contributed by atoms with E-state index < -0.39 is 0 Å². The Morgan fingerprint density at radius 2 is 1.53 bits per heavy atom. The van der Waals surface area contributed by atoms with Crippen molar-refractivity contribution in [2.75, 3.05) is 5.73 Å². The van der Waals surface area contributed by atoms with Gasteiger partial charge in [0, 0.05) is 5.69 Å². The van der Waals surface area contributed by atoms with Gasteiger partial charge in [-0.2, -0.15) is 0 Å². The molecule has 88 valence electrons. The molecule has 0 amide bonds. The molecule has 0 aliphatic carbocycles. The minimum absolute atomic E-state index is 0.889. The Morgan fingerprint density at radius 1 is 0.882 bits per heavy atom. The Labute approximate surface area is 103 Å². The van der Waals surface area contributed by atoms with E-state index in [9.17, 15) is 0 Å². The Morgan fingerprint density at radius 3 is 2.12 bits per heavy atom. The minimum atomic E-state index is 0.889. The first kappa shape index (κ1) is 11.7. The summed E-state index contributed by atoms with van der Waals surface area (Å²) in [6.45, 7) is 6.40. The fourth-order valence-corrected chi connectivity index (χ4v) is 2.23. The van der Waals surface area contributed by atoms with Gasteiger partial charge in [-0.1, -0.05) is 42.3 Å². The molecule has 1 heteroatoms. The van der Waals surface area contributed by atoms with Gasteiger partial charge in [0.05, 0.1) is 0 Å². The average Bonchev–Trinajstić information content (AvgIpc) is 2.28. The van der Waals surface area contributed by atoms with E-state index in [4.69, 9.17) is 5.73 Å². The van der Waals surface area contributed by atoms with Gasteiger partial charge >= 0.3 is 0 Å². The van der Waals surface area contributed by atoms with E-state index >= 15 is 0 Å². The van der Waals surface area contributed by atoms with Crippen LogP contribution in [0.2, 0.25) is 0 Å². The lowest BCUT2D eigenvalue weighted by molar-refractivity contribution is 1.14. The molecule has 0 atom stereocenters. The molecule has 2 N–H and O–H groups in total. The molecular formula is C16H19N. The number of nitrogens with two attached hydrogens (primary N) is 1. The van der Waals surface area contributed by atoms with Crippen LogP contribution in [-0.4, -0.2) is 0 Å². The third-order valence-electron chi connectivity index (χ3n) is 3.08. The molecule has 0 bridgehead atoms. The topological polar surface area (TPSA) is 26.0 Å². The lowest BCUT2D eigenvalue weighted by atomic mass is 9.98. The number of hydrogen-bond acceptors (Lipinski definition) is 1. The second-order valence-corrected chi connectivity index (χ2v) is 4.64. The van der Waals surface area contributed by atoms with Crippen molar-refractivity contribution in [1.29, 1.82) is 0 Å². The first-order valence-corrected chi connectivity index (χ1v) is 6.07. The van der Waals surface area contributed by atoms with Crippen LogP contribution < -0.4 is 5.73 Å². The van der Waals surface area contributed by atoms with Gasteiger partial charge in [0.15, 0.2) is 0 Å². The second-order valence-electron chi connectivity index (χ2n) is 4.64. The van der Waals surface area contributed by atoms with Gasteiger partial charge in [-0.05, 0) is 49.1 Å². The first-order valence-electron chi connectivity index (χ1n) is 6.07. The SMILES string of the molecule is CCc1cc(-c2cc(C)cc(C)c2)ccc1N. The van der Waals surface area contributed by atoms with E-state index in [0.29, 0.717) is 0 Å². The molecule has 0 spiro atoms. The maximum Gasteiger partial charge on any atom is 0.0346 e. The number of nitrogen functional groups attached to an aromatic ring is 1. The van der Waals surface area contributed by atoms with Crippen molar-refractivity contribution in [3.8, 4) is 11.1 Å². The molecule has 0 aliphatic heterocycles. The summed E-state index contributed by atoms with van der Waals surface area (Å²) in [7, 11) is 0. The highest BCUT2D eigenvalue weighted by Crippen LogP contribution is 2.25. The van der Waals surface area contributed by atoms with Crippen molar-refractivity contribution in [2.45, 2.75) is 27.2 Å². The van der Waals surface area contributed by atoms with E-state index in [1.54, 1.807) is 0 Å². The standard InChI is InChI=1S/C16H19N/c1-4-13-10-14(5-6-16(13)17)15-8-11(2)7-12(3)9-15/h5-10H,4,17H2,1-3H3. The number of hydrogen-bond donors (Lipinski definition) is 1. The van der Waals surface area contributed by atoms with Crippen LogP contribution in [-0.2, 0) is 6.42 Å². The quantitative estimate of drug-likeness (QED) is 0.764. The van der Waals surface area contributed by atoms with Gasteiger partial charge in [-0.3, -0.25) is 0 Å². The summed E-state index contributed by atoms with van der Waals surface area (Å²) >= 11 is 0. The summed E-state index contributed by atoms with van der Waals surface area (Å²) in [4.78, 5) is 0. The van der Waals surface area contributed by atoms with Crippen molar-refractivity contribution in [3.05, 3.63) is 53.1 Å². The molecule has 2 aromatic rings. The van der Waals surface area contributed by atoms with Crippen molar-refractivity contribution in [2.24, 2.45) is 0 Å². The van der Waals surface area contributed by atoms with Gasteiger partial charge in [-0.15, -0.1) is 0 Å². The predicted octanol–water partition coefficient (Wildman–Crippen LogP) is 4.12. The molecule has 2 aromatic carbocycles. The lowest BCUT2D eigenvalue weighted by Gasteiger charge is -2.09. The van der Waals surface area contributed by atoms with E-state index in [2.05, 4.69) is 51.1 Å². The van der Waals surface area contributed by atoms with Gasteiger partial charge in [-0.25, -0.2) is 0 Å². The van der Waals surface area contributed by atoms with Crippen LogP contribution in [0.3, 0.4) is 0 Å². The molecule has 0 saturated carbocycles. The molecule has 1 nitrogen and oxygen atoms in total. The number of benzene rings is 2. The molecular weight excluding hydrogens is 206 g/mol. The van der Waals surface area contributed by atoms with Crippen LogP contribution >= 0.6 is 0 Å². The van der Waals surface area contributed by atoms with Crippen molar-refractivity contribution in [1.82, 2.24) is 0 Å². The van der Waals surface area contributed by atoms with Crippen molar-refractivity contribution < 1.29 is 0 Å². The summed E-state index contributed by atoms with van der Waals surface area (Å²) in [5.41, 5.74) is 13.2. The lowest BCUT2D eigenvalue weighted by Crippen LogP contribution is -1.93. The Bertz CT molecular complexity index is 521. The Kier molecular flexibility index (Phi) is 3.19. The average molecular weight is 225 g/mol.